The lowest BCUT2D eigenvalue weighted by Crippen LogP contribution is -2.32. The smallest absolute Gasteiger partial charge is 0.338 e. The van der Waals surface area contributed by atoms with Gasteiger partial charge >= 0.3 is 12.0 Å². The van der Waals surface area contributed by atoms with Crippen molar-refractivity contribution in [2.45, 2.75) is 19.0 Å². The number of carbonyl (C=O) groups is 4. The largest absolute Gasteiger partial charge is 0.467 e. The van der Waals surface area contributed by atoms with Crippen LogP contribution in [0.4, 0.5) is 4.79 Å². The molecule has 0 spiro atoms. The van der Waals surface area contributed by atoms with Crippen molar-refractivity contribution in [2.75, 3.05) is 13.2 Å². The van der Waals surface area contributed by atoms with E-state index in [9.17, 15) is 19.2 Å². The van der Waals surface area contributed by atoms with Crippen molar-refractivity contribution in [1.29, 1.82) is 0 Å². The first-order chi connectivity index (χ1) is 17.0. The van der Waals surface area contributed by atoms with Gasteiger partial charge in [-0.1, -0.05) is 24.3 Å². The minimum absolute atomic E-state index is 0.0783. The highest BCUT2D eigenvalue weighted by Gasteiger charge is 2.36. The molecule has 4 amide bonds. The molecular formula is C24H20N4O6S. The molecule has 1 saturated heterocycles. The summed E-state index contributed by atoms with van der Waals surface area (Å²) < 4.78 is 10.8. The Morgan fingerprint density at radius 3 is 2.71 bits per heavy atom. The zero-order valence-electron chi connectivity index (χ0n) is 18.4. The third kappa shape index (κ3) is 4.58. The molecule has 10 nitrogen and oxygen atoms in total. The van der Waals surface area contributed by atoms with E-state index in [1.807, 2.05) is 17.5 Å². The summed E-state index contributed by atoms with van der Waals surface area (Å²) in [6.45, 7) is -0.694. The number of furan rings is 1. The second-order valence-electron chi connectivity index (χ2n) is 7.87. The SMILES string of the molecule is O=C(OCC(=O)N1N=C(c2cccs2)C[C@H]1c1ccco1)c1ccccc1CN1C(=O)CNC1=O. The summed E-state index contributed by atoms with van der Waals surface area (Å²) >= 11 is 1.52. The Balaban J connectivity index is 1.29. The zero-order chi connectivity index (χ0) is 24.4. The molecule has 4 heterocycles. The Hall–Kier alpha value is -4.25. The number of rotatable bonds is 7. The van der Waals surface area contributed by atoms with E-state index in [1.165, 1.54) is 28.7 Å². The fraction of sp³-hybridized carbons (Fsp3) is 0.208. The molecule has 0 bridgehead atoms. The summed E-state index contributed by atoms with van der Waals surface area (Å²) in [5.74, 6) is -1.04. The maximum atomic E-state index is 13.0. The molecule has 35 heavy (non-hydrogen) atoms. The van der Waals surface area contributed by atoms with Gasteiger partial charge in [-0.25, -0.2) is 14.6 Å². The number of amides is 4. The molecule has 1 aromatic carbocycles. The number of carbonyl (C=O) groups excluding carboxylic acids is 4. The van der Waals surface area contributed by atoms with Gasteiger partial charge < -0.3 is 14.5 Å². The monoisotopic (exact) mass is 492 g/mol. The number of nitrogens with one attached hydrogen (secondary N) is 1. The Labute approximate surface area is 203 Å². The number of benzene rings is 1. The van der Waals surface area contributed by atoms with Gasteiger partial charge in [-0.15, -0.1) is 11.3 Å². The molecule has 1 N–H and O–H groups in total. The fourth-order valence-corrected chi connectivity index (χ4v) is 4.67. The van der Waals surface area contributed by atoms with E-state index in [0.717, 1.165) is 15.5 Å². The number of hydrazone groups is 1. The zero-order valence-corrected chi connectivity index (χ0v) is 19.2. The summed E-state index contributed by atoms with van der Waals surface area (Å²) in [5, 5.41) is 10.2. The summed E-state index contributed by atoms with van der Waals surface area (Å²) in [6.07, 6.45) is 2.01. The van der Waals surface area contributed by atoms with Gasteiger partial charge in [-0.2, -0.15) is 5.10 Å². The highest BCUT2D eigenvalue weighted by molar-refractivity contribution is 7.12. The van der Waals surface area contributed by atoms with Crippen molar-refractivity contribution in [2.24, 2.45) is 5.10 Å². The maximum Gasteiger partial charge on any atom is 0.338 e. The second kappa shape index (κ2) is 9.55. The Morgan fingerprint density at radius 2 is 2.00 bits per heavy atom. The topological polar surface area (TPSA) is 122 Å². The minimum atomic E-state index is -0.739. The van der Waals surface area contributed by atoms with Crippen LogP contribution in [0.15, 0.2) is 69.7 Å². The number of imide groups is 1. The molecule has 178 valence electrons. The van der Waals surface area contributed by atoms with Crippen LogP contribution >= 0.6 is 11.3 Å². The fourth-order valence-electron chi connectivity index (χ4n) is 3.95. The van der Waals surface area contributed by atoms with Crippen LogP contribution in [0.3, 0.4) is 0 Å². The van der Waals surface area contributed by atoms with Crippen LogP contribution in [0.1, 0.15) is 39.0 Å². The summed E-state index contributed by atoms with van der Waals surface area (Å²) in [7, 11) is 0. The van der Waals surface area contributed by atoms with E-state index >= 15 is 0 Å². The first kappa shape index (κ1) is 22.5. The van der Waals surface area contributed by atoms with Gasteiger partial charge in [0.25, 0.3) is 5.91 Å². The van der Waals surface area contributed by atoms with E-state index in [1.54, 1.807) is 30.3 Å². The normalized spacial score (nSPS) is 17.5. The average molecular weight is 493 g/mol. The average Bonchev–Trinajstić information content (AvgIpc) is 3.67. The Kier molecular flexibility index (Phi) is 6.15. The third-order valence-electron chi connectivity index (χ3n) is 5.67. The molecule has 3 aromatic rings. The summed E-state index contributed by atoms with van der Waals surface area (Å²) in [6, 6.07) is 12.9. The van der Waals surface area contributed by atoms with Crippen molar-refractivity contribution < 1.29 is 28.3 Å². The van der Waals surface area contributed by atoms with E-state index in [-0.39, 0.29) is 24.6 Å². The van der Waals surface area contributed by atoms with Crippen molar-refractivity contribution in [1.82, 2.24) is 15.2 Å². The molecule has 2 aromatic heterocycles. The molecule has 0 unspecified atom stereocenters. The molecule has 11 heteroatoms. The lowest BCUT2D eigenvalue weighted by Gasteiger charge is -2.20. The van der Waals surface area contributed by atoms with Gasteiger partial charge in [0.05, 0.1) is 35.5 Å². The standard InChI is InChI=1S/C24H20N4O6S/c29-21-12-25-24(32)27(21)13-15-5-1-2-6-16(15)23(31)34-14-22(30)28-18(19-7-3-9-33-19)11-17(26-28)20-8-4-10-35-20/h1-10,18H,11-14H2,(H,25,32)/t18-/m0/s1. The maximum absolute atomic E-state index is 13.0. The van der Waals surface area contributed by atoms with Crippen molar-refractivity contribution >= 4 is 40.9 Å². The summed E-state index contributed by atoms with van der Waals surface area (Å²) in [4.78, 5) is 51.7. The van der Waals surface area contributed by atoms with Crippen LogP contribution in [-0.4, -0.2) is 52.6 Å². The van der Waals surface area contributed by atoms with Crippen LogP contribution in [0.25, 0.3) is 0 Å². The quantitative estimate of drug-likeness (QED) is 0.400. The van der Waals surface area contributed by atoms with Crippen molar-refractivity contribution in [3.63, 3.8) is 0 Å². The molecule has 1 fully saturated rings. The molecular weight excluding hydrogens is 472 g/mol. The van der Waals surface area contributed by atoms with Crippen molar-refractivity contribution in [3.05, 3.63) is 81.9 Å². The Bertz CT molecular complexity index is 1290. The number of hydrogen-bond donors (Lipinski definition) is 1. The van der Waals surface area contributed by atoms with Gasteiger partial charge in [0.15, 0.2) is 6.61 Å². The van der Waals surface area contributed by atoms with E-state index in [4.69, 9.17) is 9.15 Å². The van der Waals surface area contributed by atoms with Crippen molar-refractivity contribution in [3.8, 4) is 0 Å². The predicted molar refractivity (Wildman–Crippen MR) is 124 cm³/mol. The van der Waals surface area contributed by atoms with Crippen LogP contribution in [0.5, 0.6) is 0 Å². The van der Waals surface area contributed by atoms with Crippen LogP contribution < -0.4 is 5.32 Å². The van der Waals surface area contributed by atoms with Crippen LogP contribution in [0, 0.1) is 0 Å². The molecule has 2 aliphatic rings. The van der Waals surface area contributed by atoms with Gasteiger partial charge in [0.1, 0.15) is 11.8 Å². The Morgan fingerprint density at radius 1 is 1.14 bits per heavy atom. The molecule has 0 radical (unpaired) electrons. The van der Waals surface area contributed by atoms with E-state index in [0.29, 0.717) is 17.7 Å². The molecule has 0 aliphatic carbocycles. The number of urea groups is 1. The number of nitrogens with zero attached hydrogens (tertiary/aromatic N) is 3. The van der Waals surface area contributed by atoms with Gasteiger partial charge in [0, 0.05) is 6.42 Å². The van der Waals surface area contributed by atoms with Gasteiger partial charge in [-0.05, 0) is 35.2 Å². The number of thiophene rings is 1. The lowest BCUT2D eigenvalue weighted by atomic mass is 10.1. The minimum Gasteiger partial charge on any atom is -0.467 e. The highest BCUT2D eigenvalue weighted by atomic mass is 32.1. The number of hydrogen-bond acceptors (Lipinski definition) is 8. The summed E-state index contributed by atoms with van der Waals surface area (Å²) in [5.41, 5.74) is 1.35. The van der Waals surface area contributed by atoms with Crippen LogP contribution in [-0.2, 0) is 20.9 Å². The van der Waals surface area contributed by atoms with E-state index < -0.39 is 30.6 Å². The molecule has 0 saturated carbocycles. The third-order valence-corrected chi connectivity index (χ3v) is 6.59. The van der Waals surface area contributed by atoms with Gasteiger partial charge in [0.2, 0.25) is 5.91 Å². The molecule has 5 rings (SSSR count). The molecule has 1 atom stereocenters. The number of esters is 1. The highest BCUT2D eigenvalue weighted by Crippen LogP contribution is 2.34. The predicted octanol–water partition coefficient (Wildman–Crippen LogP) is 2.93. The van der Waals surface area contributed by atoms with E-state index in [2.05, 4.69) is 10.4 Å². The molecule has 2 aliphatic heterocycles. The first-order valence-electron chi connectivity index (χ1n) is 10.8. The van der Waals surface area contributed by atoms with Gasteiger partial charge in [-0.3, -0.25) is 14.5 Å². The second-order valence-corrected chi connectivity index (χ2v) is 8.82. The van der Waals surface area contributed by atoms with Crippen LogP contribution in [0.2, 0.25) is 0 Å². The number of ether oxygens (including phenoxy) is 1. The first-order valence-corrected chi connectivity index (χ1v) is 11.7. The lowest BCUT2D eigenvalue weighted by molar-refractivity contribution is -0.136.